The van der Waals surface area contributed by atoms with Crippen LogP contribution in [0, 0.1) is 0 Å². The number of ether oxygens (including phenoxy) is 3. The number of rotatable bonds is 10. The summed E-state index contributed by atoms with van der Waals surface area (Å²) < 4.78 is 42.1. The maximum atomic E-state index is 13.4. The van der Waals surface area contributed by atoms with E-state index in [4.69, 9.17) is 14.2 Å². The molecule has 0 aliphatic rings. The maximum absolute atomic E-state index is 13.4. The molecule has 0 fully saturated rings. The zero-order chi connectivity index (χ0) is 35.5. The molecule has 3 N–H and O–H groups in total. The van der Waals surface area contributed by atoms with Crippen molar-refractivity contribution >= 4 is 44.0 Å². The molecule has 0 saturated heterocycles. The molecule has 5 aromatic rings. The highest BCUT2D eigenvalue weighted by Gasteiger charge is 2.25. The van der Waals surface area contributed by atoms with Crippen molar-refractivity contribution in [1.29, 1.82) is 0 Å². The van der Waals surface area contributed by atoms with Crippen molar-refractivity contribution in [3.8, 4) is 23.1 Å². The molecule has 12 nitrogen and oxygen atoms in total. The van der Waals surface area contributed by atoms with Crippen molar-refractivity contribution in [3.05, 3.63) is 102 Å². The molecule has 5 rings (SSSR count). The van der Waals surface area contributed by atoms with Gasteiger partial charge in [0.1, 0.15) is 27.8 Å². The van der Waals surface area contributed by atoms with Crippen LogP contribution in [0.1, 0.15) is 48.1 Å². The Morgan fingerprint density at radius 1 is 0.857 bits per heavy atom. The molecule has 2 amide bonds. The van der Waals surface area contributed by atoms with Crippen LogP contribution in [0.3, 0.4) is 0 Å². The third-order valence-electron chi connectivity index (χ3n) is 7.66. The van der Waals surface area contributed by atoms with E-state index in [9.17, 15) is 23.1 Å². The summed E-state index contributed by atoms with van der Waals surface area (Å²) >= 11 is 0. The summed E-state index contributed by atoms with van der Waals surface area (Å²) in [4.78, 5) is 33.7. The number of carbonyl (C=O) groups is 2. The van der Waals surface area contributed by atoms with Gasteiger partial charge < -0.3 is 30.0 Å². The molecule has 4 aromatic carbocycles. The Morgan fingerprint density at radius 3 is 2.22 bits per heavy atom. The second-order valence-electron chi connectivity index (χ2n) is 12.2. The molecule has 0 bridgehead atoms. The first kappa shape index (κ1) is 34.6. The lowest BCUT2D eigenvalue weighted by Gasteiger charge is -2.23. The van der Waals surface area contributed by atoms with Crippen LogP contribution in [0.15, 0.2) is 83.9 Å². The highest BCUT2D eigenvalue weighted by atomic mass is 32.2. The lowest BCUT2D eigenvalue weighted by atomic mass is 9.86. The minimum atomic E-state index is -3.68. The van der Waals surface area contributed by atoms with Crippen LogP contribution >= 0.6 is 0 Å². The molecular weight excluding hydrogens is 648 g/mol. The van der Waals surface area contributed by atoms with Crippen molar-refractivity contribution < 1.29 is 37.3 Å². The van der Waals surface area contributed by atoms with Crippen molar-refractivity contribution in [2.75, 3.05) is 31.1 Å². The van der Waals surface area contributed by atoms with Crippen molar-refractivity contribution in [2.24, 2.45) is 0 Å². The lowest BCUT2D eigenvalue weighted by molar-refractivity contribution is 0.0693. The highest BCUT2D eigenvalue weighted by Crippen LogP contribution is 2.38. The molecule has 0 aliphatic carbocycles. The van der Waals surface area contributed by atoms with Crippen LogP contribution in [-0.2, 0) is 21.7 Å². The summed E-state index contributed by atoms with van der Waals surface area (Å²) in [6, 6.07) is 19.8. The van der Waals surface area contributed by atoms with Gasteiger partial charge in [0, 0.05) is 35.7 Å². The number of aromatic carboxylic acids is 1. The molecule has 0 aliphatic heterocycles. The number of urea groups is 1. The van der Waals surface area contributed by atoms with E-state index in [-0.39, 0.29) is 33.5 Å². The first-order chi connectivity index (χ1) is 23.2. The van der Waals surface area contributed by atoms with Crippen molar-refractivity contribution in [3.63, 3.8) is 0 Å². The third kappa shape index (κ3) is 7.90. The fourth-order valence-corrected chi connectivity index (χ4v) is 6.07. The van der Waals surface area contributed by atoms with E-state index in [1.807, 2.05) is 45.0 Å². The normalized spacial score (nSPS) is 11.6. The monoisotopic (exact) mass is 684 g/mol. The van der Waals surface area contributed by atoms with E-state index in [1.165, 1.54) is 20.3 Å². The number of carboxylic acid groups (broad SMARTS) is 1. The van der Waals surface area contributed by atoms with Gasteiger partial charge in [0.15, 0.2) is 15.6 Å². The third-order valence-corrected chi connectivity index (χ3v) is 8.76. The molecule has 254 valence electrons. The quantitative estimate of drug-likeness (QED) is 0.138. The predicted molar refractivity (Wildman–Crippen MR) is 186 cm³/mol. The molecule has 0 radical (unpaired) electrons. The van der Waals surface area contributed by atoms with Gasteiger partial charge >= 0.3 is 12.0 Å². The van der Waals surface area contributed by atoms with E-state index in [1.54, 1.807) is 48.7 Å². The number of hydrogen-bond acceptors (Lipinski definition) is 9. The Labute approximate surface area is 284 Å². The average Bonchev–Trinajstić information content (AvgIpc) is 3.04. The predicted octanol–water partition coefficient (Wildman–Crippen LogP) is 7.07. The molecule has 0 unspecified atom stereocenters. The number of carboxylic acids is 1. The van der Waals surface area contributed by atoms with Gasteiger partial charge in [-0.3, -0.25) is 0 Å². The summed E-state index contributed by atoms with van der Waals surface area (Å²) in [6.45, 7) is 5.84. The Morgan fingerprint density at radius 2 is 1.57 bits per heavy atom. The van der Waals surface area contributed by atoms with Gasteiger partial charge in [-0.1, -0.05) is 51.1 Å². The molecule has 1 heterocycles. The Hall–Kier alpha value is -5.69. The number of amides is 2. The van der Waals surface area contributed by atoms with Gasteiger partial charge in [-0.2, -0.15) is 4.98 Å². The number of nitrogens with zero attached hydrogens (tertiary/aromatic N) is 2. The summed E-state index contributed by atoms with van der Waals surface area (Å²) in [6.07, 6.45) is 2.97. The number of methoxy groups -OCH3 is 2. The largest absolute Gasteiger partial charge is 0.496 e. The lowest BCUT2D eigenvalue weighted by Crippen LogP contribution is -2.22. The fraction of sp³-hybridized carbons (Fsp3) is 0.222. The zero-order valence-corrected chi connectivity index (χ0v) is 28.6. The standard InChI is InChI=1S/C36H36N4O8S/c1-36(2,3)22-19-27(33(47-5)30(20-22)49(6,44)45)39-35(43)38-26-13-14-28(24-10-8-7-9-23(24)26)48-32-15-16-37-31(40-32)18-21-11-12-25(34(41)42)29(17-21)46-4/h7-17,19-20H,18H2,1-6H3,(H,41,42)(H2,38,39,43). The van der Waals surface area contributed by atoms with Crippen LogP contribution < -0.4 is 24.8 Å². The molecule has 0 atom stereocenters. The Balaban J connectivity index is 1.39. The highest BCUT2D eigenvalue weighted by molar-refractivity contribution is 7.90. The van der Waals surface area contributed by atoms with Gasteiger partial charge in [-0.15, -0.1) is 0 Å². The zero-order valence-electron chi connectivity index (χ0n) is 27.8. The molecule has 0 spiro atoms. The van der Waals surface area contributed by atoms with E-state index in [0.29, 0.717) is 40.0 Å². The van der Waals surface area contributed by atoms with Gasteiger partial charge in [-0.25, -0.2) is 23.0 Å². The smallest absolute Gasteiger partial charge is 0.339 e. The average molecular weight is 685 g/mol. The summed E-state index contributed by atoms with van der Waals surface area (Å²) in [5.74, 6) is 0.416. The SMILES string of the molecule is COc1cc(Cc2nccc(Oc3ccc(NC(=O)Nc4cc(C(C)(C)C)cc(S(C)(=O)=O)c4OC)c4ccccc34)n2)ccc1C(=O)O. The van der Waals surface area contributed by atoms with Gasteiger partial charge in [0.25, 0.3) is 0 Å². The number of benzene rings is 4. The Bertz CT molecular complexity index is 2180. The first-order valence-corrected chi connectivity index (χ1v) is 17.0. The summed E-state index contributed by atoms with van der Waals surface area (Å²) in [7, 11) is -0.912. The number of anilines is 2. The van der Waals surface area contributed by atoms with Crippen LogP contribution in [0.2, 0.25) is 0 Å². The van der Waals surface area contributed by atoms with Crippen LogP contribution in [0.25, 0.3) is 10.8 Å². The minimum absolute atomic E-state index is 0.0200. The van der Waals surface area contributed by atoms with E-state index in [0.717, 1.165) is 11.8 Å². The molecule has 1 aromatic heterocycles. The first-order valence-electron chi connectivity index (χ1n) is 15.1. The summed E-state index contributed by atoms with van der Waals surface area (Å²) in [5.41, 5.74) is 1.82. The molecule has 49 heavy (non-hydrogen) atoms. The van der Waals surface area contributed by atoms with Gasteiger partial charge in [-0.05, 0) is 52.9 Å². The molecular formula is C36H36N4O8S. The topological polar surface area (TPSA) is 166 Å². The second-order valence-corrected chi connectivity index (χ2v) is 14.2. The number of nitrogens with one attached hydrogen (secondary N) is 2. The van der Waals surface area contributed by atoms with E-state index >= 15 is 0 Å². The number of fused-ring (bicyclic) bond motifs is 1. The van der Waals surface area contributed by atoms with Gasteiger partial charge in [0.2, 0.25) is 5.88 Å². The minimum Gasteiger partial charge on any atom is -0.496 e. The molecule has 13 heteroatoms. The Kier molecular flexibility index (Phi) is 9.76. The van der Waals surface area contributed by atoms with Gasteiger partial charge in [0.05, 0.1) is 25.6 Å². The van der Waals surface area contributed by atoms with Crippen molar-refractivity contribution in [2.45, 2.75) is 37.5 Å². The number of carbonyl (C=O) groups excluding carboxylic acids is 1. The second kappa shape index (κ2) is 13.8. The number of aromatic nitrogens is 2. The number of sulfone groups is 1. The molecule has 0 saturated carbocycles. The van der Waals surface area contributed by atoms with E-state index < -0.39 is 27.3 Å². The number of hydrogen-bond donors (Lipinski definition) is 3. The van der Waals surface area contributed by atoms with Crippen molar-refractivity contribution in [1.82, 2.24) is 9.97 Å². The van der Waals surface area contributed by atoms with Crippen LogP contribution in [0.5, 0.6) is 23.1 Å². The van der Waals surface area contributed by atoms with Crippen LogP contribution in [0.4, 0.5) is 16.2 Å². The van der Waals surface area contributed by atoms with E-state index in [2.05, 4.69) is 20.6 Å². The maximum Gasteiger partial charge on any atom is 0.339 e. The van der Waals surface area contributed by atoms with Crippen LogP contribution in [-0.4, -0.2) is 56.0 Å². The fourth-order valence-electron chi connectivity index (χ4n) is 5.20. The summed E-state index contributed by atoms with van der Waals surface area (Å²) in [5, 5.41) is 16.4.